The topological polar surface area (TPSA) is 59.1 Å². The van der Waals surface area contributed by atoms with E-state index in [4.69, 9.17) is 0 Å². The van der Waals surface area contributed by atoms with Gasteiger partial charge < -0.3 is 15.1 Å². The lowest BCUT2D eigenvalue weighted by atomic mass is 9.82. The van der Waals surface area contributed by atoms with Gasteiger partial charge in [-0.05, 0) is 66.5 Å². The Balaban J connectivity index is 1.00. The minimum atomic E-state index is -0.0108. The Hall–Kier alpha value is -4.46. The number of aldehydes is 1. The highest BCUT2D eigenvalue weighted by Crippen LogP contribution is 2.38. The number of para-hydroxylation sites is 1. The Morgan fingerprint density at radius 3 is 1.87 bits per heavy atom. The number of ketones is 1. The summed E-state index contributed by atoms with van der Waals surface area (Å²) >= 11 is 0. The van der Waals surface area contributed by atoms with Gasteiger partial charge in [-0.3, -0.25) is 19.4 Å². The van der Waals surface area contributed by atoms with Crippen LogP contribution >= 0.6 is 0 Å². The summed E-state index contributed by atoms with van der Waals surface area (Å²) in [5, 5.41) is 3.88. The van der Waals surface area contributed by atoms with E-state index in [2.05, 4.69) is 73.4 Å². The van der Waals surface area contributed by atoms with Gasteiger partial charge in [-0.2, -0.15) is 0 Å². The third-order valence-corrected chi connectivity index (χ3v) is 12.8. The lowest BCUT2D eigenvalue weighted by Crippen LogP contribution is -2.48. The predicted molar refractivity (Wildman–Crippen MR) is 226 cm³/mol. The molecule has 0 aromatic heterocycles. The Morgan fingerprint density at radius 2 is 1.18 bits per heavy atom. The van der Waals surface area contributed by atoms with Gasteiger partial charge in [0.2, 0.25) is 0 Å². The van der Waals surface area contributed by atoms with Gasteiger partial charge in [0.1, 0.15) is 0 Å². The maximum absolute atomic E-state index is 14.6. The van der Waals surface area contributed by atoms with Crippen molar-refractivity contribution in [1.82, 2.24) is 9.80 Å². The molecule has 0 bridgehead atoms. The fourth-order valence-electron chi connectivity index (χ4n) is 9.77. The largest absolute Gasteiger partial charge is 0.382 e. The van der Waals surface area contributed by atoms with Crippen LogP contribution in [0.1, 0.15) is 113 Å². The summed E-state index contributed by atoms with van der Waals surface area (Å²) < 4.78 is 0. The van der Waals surface area contributed by atoms with Gasteiger partial charge in [-0.25, -0.2) is 0 Å². The second kappa shape index (κ2) is 18.0. The van der Waals surface area contributed by atoms with Crippen LogP contribution in [0.15, 0.2) is 91.0 Å². The van der Waals surface area contributed by atoms with Crippen molar-refractivity contribution >= 4 is 29.1 Å². The van der Waals surface area contributed by atoms with Gasteiger partial charge in [0.15, 0.2) is 12.1 Å². The molecule has 0 unspecified atom stereocenters. The quantitative estimate of drug-likeness (QED) is 0.115. The molecule has 4 aromatic carbocycles. The number of hydrogen-bond donors (Lipinski definition) is 1. The molecule has 2 saturated heterocycles. The molecule has 2 heterocycles. The smallest absolute Gasteiger partial charge is 0.197 e. The van der Waals surface area contributed by atoms with Gasteiger partial charge in [0.25, 0.3) is 0 Å². The fraction of sp³-hybridized carbons (Fsp3) is 0.458. The van der Waals surface area contributed by atoms with Gasteiger partial charge >= 0.3 is 0 Å². The second-order valence-electron chi connectivity index (χ2n) is 16.4. The van der Waals surface area contributed by atoms with E-state index in [1.165, 1.54) is 86.6 Å². The maximum atomic E-state index is 14.6. The van der Waals surface area contributed by atoms with Gasteiger partial charge in [0.05, 0.1) is 16.9 Å². The zero-order chi connectivity index (χ0) is 37.4. The Kier molecular flexibility index (Phi) is 12.3. The third kappa shape index (κ3) is 8.84. The van der Waals surface area contributed by atoms with Crippen molar-refractivity contribution in [2.75, 3.05) is 67.5 Å². The van der Waals surface area contributed by atoms with Crippen molar-refractivity contribution in [3.63, 3.8) is 0 Å². The first kappa shape index (κ1) is 37.5. The first-order chi connectivity index (χ1) is 27.1. The van der Waals surface area contributed by atoms with E-state index in [0.717, 1.165) is 83.1 Å². The van der Waals surface area contributed by atoms with Gasteiger partial charge in [0, 0.05) is 88.3 Å². The zero-order valence-corrected chi connectivity index (χ0v) is 32.6. The van der Waals surface area contributed by atoms with E-state index in [0.29, 0.717) is 28.7 Å². The number of hydrogen-bond acceptors (Lipinski definition) is 7. The molecule has 4 aliphatic rings. The normalized spacial score (nSPS) is 19.3. The van der Waals surface area contributed by atoms with Crippen LogP contribution in [0.2, 0.25) is 0 Å². The highest BCUT2D eigenvalue weighted by Gasteiger charge is 2.31. The zero-order valence-electron chi connectivity index (χ0n) is 32.6. The Morgan fingerprint density at radius 1 is 0.600 bits per heavy atom. The molecule has 7 nitrogen and oxygen atoms in total. The van der Waals surface area contributed by atoms with E-state index in [1.807, 2.05) is 42.5 Å². The molecule has 0 spiro atoms. The molecule has 2 aliphatic carbocycles. The number of rotatable bonds is 12. The minimum absolute atomic E-state index is 0.0108. The highest BCUT2D eigenvalue weighted by molar-refractivity contribution is 6.17. The molecule has 2 saturated carbocycles. The molecular formula is C48H59N5O2. The van der Waals surface area contributed by atoms with Crippen LogP contribution in [0.5, 0.6) is 0 Å². The minimum Gasteiger partial charge on any atom is -0.382 e. The van der Waals surface area contributed by atoms with Crippen LogP contribution in [0, 0.1) is 0 Å². The molecule has 0 atom stereocenters. The van der Waals surface area contributed by atoms with Crippen LogP contribution in [0.3, 0.4) is 0 Å². The number of carbonyl (C=O) groups is 2. The van der Waals surface area contributed by atoms with Crippen LogP contribution in [-0.2, 0) is 13.1 Å². The third-order valence-electron chi connectivity index (χ3n) is 12.8. The van der Waals surface area contributed by atoms with Crippen LogP contribution < -0.4 is 15.1 Å². The first-order valence-electron chi connectivity index (χ1n) is 21.2. The lowest BCUT2D eigenvalue weighted by molar-refractivity contribution is 0.103. The Labute approximate surface area is 328 Å². The molecule has 7 heteroatoms. The van der Waals surface area contributed by atoms with Crippen molar-refractivity contribution in [2.24, 2.45) is 0 Å². The molecule has 55 heavy (non-hydrogen) atoms. The summed E-state index contributed by atoms with van der Waals surface area (Å²) in [6.07, 6.45) is 14.1. The molecular weight excluding hydrogens is 679 g/mol. The number of anilines is 3. The van der Waals surface area contributed by atoms with E-state index in [1.54, 1.807) is 0 Å². The Bertz CT molecular complexity index is 1880. The molecule has 0 amide bonds. The van der Waals surface area contributed by atoms with E-state index in [-0.39, 0.29) is 5.78 Å². The number of carbonyl (C=O) groups excluding carboxylic acids is 2. The predicted octanol–water partition coefficient (Wildman–Crippen LogP) is 9.17. The van der Waals surface area contributed by atoms with E-state index in [9.17, 15) is 9.59 Å². The van der Waals surface area contributed by atoms with Crippen molar-refractivity contribution in [3.8, 4) is 0 Å². The maximum Gasteiger partial charge on any atom is 0.197 e. The first-order valence-corrected chi connectivity index (χ1v) is 21.2. The van der Waals surface area contributed by atoms with Gasteiger partial charge in [-0.1, -0.05) is 111 Å². The van der Waals surface area contributed by atoms with Crippen molar-refractivity contribution in [1.29, 1.82) is 0 Å². The van der Waals surface area contributed by atoms with Crippen LogP contribution in [0.4, 0.5) is 17.1 Å². The van der Waals surface area contributed by atoms with Crippen LogP contribution in [0.25, 0.3) is 0 Å². The average molecular weight is 738 g/mol. The number of nitrogens with zero attached hydrogens (tertiary/aromatic N) is 4. The van der Waals surface area contributed by atoms with Crippen molar-refractivity contribution < 1.29 is 9.59 Å². The fourth-order valence-corrected chi connectivity index (χ4v) is 9.77. The second-order valence-corrected chi connectivity index (χ2v) is 16.4. The van der Waals surface area contributed by atoms with E-state index < -0.39 is 0 Å². The monoisotopic (exact) mass is 737 g/mol. The summed E-state index contributed by atoms with van der Waals surface area (Å²) in [5.74, 6) is 0.667. The highest BCUT2D eigenvalue weighted by atomic mass is 16.1. The lowest BCUT2D eigenvalue weighted by Gasteiger charge is -2.40. The summed E-state index contributed by atoms with van der Waals surface area (Å²) in [5.41, 5.74) is 9.30. The summed E-state index contributed by atoms with van der Waals surface area (Å²) in [4.78, 5) is 37.2. The summed E-state index contributed by atoms with van der Waals surface area (Å²) in [6, 6.07) is 32.1. The molecule has 2 aliphatic heterocycles. The van der Waals surface area contributed by atoms with Crippen LogP contribution in [-0.4, -0.2) is 80.3 Å². The molecule has 1 N–H and O–H groups in total. The van der Waals surface area contributed by atoms with Gasteiger partial charge in [-0.15, -0.1) is 0 Å². The van der Waals surface area contributed by atoms with Crippen molar-refractivity contribution in [2.45, 2.75) is 89.3 Å². The SMILES string of the molecule is O=Cc1ccc(N2CCN(Cc3ccccc3NC3CCCCC3)CC2)c(C(=O)c2ccccc2)c1N1CCN(Cc2ccccc2C2CCCCC2)CC1. The molecule has 4 fully saturated rings. The average Bonchev–Trinajstić information content (AvgIpc) is 3.25. The summed E-state index contributed by atoms with van der Waals surface area (Å²) in [6.45, 7) is 8.62. The van der Waals surface area contributed by atoms with Crippen molar-refractivity contribution in [3.05, 3.63) is 124 Å². The number of nitrogens with one attached hydrogen (secondary N) is 1. The number of benzene rings is 4. The van der Waals surface area contributed by atoms with E-state index >= 15 is 0 Å². The molecule has 4 aromatic rings. The molecule has 0 radical (unpaired) electrons. The molecule has 8 rings (SSSR count). The summed E-state index contributed by atoms with van der Waals surface area (Å²) in [7, 11) is 0. The standard InChI is InChI=1S/C48H59N5O2/c54-36-41-24-25-45(52-30-26-51(27-31-52)35-40-19-11-13-23-44(40)49-42-20-8-3-9-21-42)46(48(55)38-16-6-2-7-17-38)47(41)53-32-28-50(29-33-53)34-39-18-10-12-22-43(39)37-14-4-1-5-15-37/h2,6-7,10-13,16-19,22-25,36-37,42,49H,1,3-5,8-9,14-15,20-21,26-35H2. The molecule has 288 valence electrons. The number of piperazine rings is 2.